The SMILES string of the molecule is CNC(=O)Cc1ccccc1NC1CCC(O)CC1. The summed E-state index contributed by atoms with van der Waals surface area (Å²) >= 11 is 0. The molecule has 0 aliphatic heterocycles. The Balaban J connectivity index is 2.01. The maximum Gasteiger partial charge on any atom is 0.224 e. The molecule has 2 rings (SSSR count). The molecule has 0 atom stereocenters. The van der Waals surface area contributed by atoms with Crippen LogP contribution in [0.4, 0.5) is 5.69 Å². The van der Waals surface area contributed by atoms with Crippen LogP contribution in [-0.2, 0) is 11.2 Å². The Kier molecular flexibility index (Phi) is 4.80. The van der Waals surface area contributed by atoms with E-state index in [2.05, 4.69) is 10.6 Å². The molecule has 4 nitrogen and oxygen atoms in total. The minimum atomic E-state index is -0.140. The molecule has 1 aromatic rings. The highest BCUT2D eigenvalue weighted by atomic mass is 16.3. The molecule has 4 heteroatoms. The van der Waals surface area contributed by atoms with Crippen molar-refractivity contribution >= 4 is 11.6 Å². The monoisotopic (exact) mass is 262 g/mol. The zero-order valence-corrected chi connectivity index (χ0v) is 11.4. The number of rotatable bonds is 4. The van der Waals surface area contributed by atoms with Crippen LogP contribution in [0.1, 0.15) is 31.2 Å². The molecule has 0 saturated heterocycles. The van der Waals surface area contributed by atoms with Gasteiger partial charge >= 0.3 is 0 Å². The van der Waals surface area contributed by atoms with Crippen molar-refractivity contribution in [2.24, 2.45) is 0 Å². The summed E-state index contributed by atoms with van der Waals surface area (Å²) in [6.45, 7) is 0. The second kappa shape index (κ2) is 6.57. The summed E-state index contributed by atoms with van der Waals surface area (Å²) in [5.41, 5.74) is 2.06. The van der Waals surface area contributed by atoms with Gasteiger partial charge in [-0.15, -0.1) is 0 Å². The fraction of sp³-hybridized carbons (Fsp3) is 0.533. The van der Waals surface area contributed by atoms with Gasteiger partial charge in [0.2, 0.25) is 5.91 Å². The molecule has 0 spiro atoms. The number of hydrogen-bond acceptors (Lipinski definition) is 3. The first kappa shape index (κ1) is 13.9. The highest BCUT2D eigenvalue weighted by Crippen LogP contribution is 2.24. The maximum absolute atomic E-state index is 11.5. The molecule has 1 aliphatic rings. The first-order chi connectivity index (χ1) is 9.19. The molecule has 104 valence electrons. The predicted molar refractivity (Wildman–Crippen MR) is 76.1 cm³/mol. The van der Waals surface area contributed by atoms with E-state index in [1.54, 1.807) is 7.05 Å². The van der Waals surface area contributed by atoms with Gasteiger partial charge in [-0.2, -0.15) is 0 Å². The zero-order valence-electron chi connectivity index (χ0n) is 11.4. The van der Waals surface area contributed by atoms with Crippen LogP contribution < -0.4 is 10.6 Å². The van der Waals surface area contributed by atoms with E-state index in [1.165, 1.54) is 0 Å². The Bertz CT molecular complexity index is 426. The van der Waals surface area contributed by atoms with Crippen LogP contribution in [0.2, 0.25) is 0 Å². The fourth-order valence-corrected chi connectivity index (χ4v) is 2.52. The third kappa shape index (κ3) is 3.96. The quantitative estimate of drug-likeness (QED) is 0.774. The number of para-hydroxylation sites is 1. The lowest BCUT2D eigenvalue weighted by Crippen LogP contribution is -2.29. The van der Waals surface area contributed by atoms with E-state index in [4.69, 9.17) is 0 Å². The topological polar surface area (TPSA) is 61.4 Å². The Morgan fingerprint density at radius 3 is 2.63 bits per heavy atom. The maximum atomic E-state index is 11.5. The minimum absolute atomic E-state index is 0.0216. The van der Waals surface area contributed by atoms with Crippen LogP contribution in [-0.4, -0.2) is 30.2 Å². The number of carbonyl (C=O) groups excluding carboxylic acids is 1. The average molecular weight is 262 g/mol. The minimum Gasteiger partial charge on any atom is -0.393 e. The number of anilines is 1. The average Bonchev–Trinajstić information content (AvgIpc) is 2.43. The predicted octanol–water partition coefficient (Wildman–Crippen LogP) is 1.69. The van der Waals surface area contributed by atoms with Crippen molar-refractivity contribution in [3.05, 3.63) is 29.8 Å². The lowest BCUT2D eigenvalue weighted by atomic mass is 9.92. The Hall–Kier alpha value is -1.55. The van der Waals surface area contributed by atoms with Crippen LogP contribution in [0.5, 0.6) is 0 Å². The molecule has 19 heavy (non-hydrogen) atoms. The van der Waals surface area contributed by atoms with Crippen LogP contribution in [0.25, 0.3) is 0 Å². The van der Waals surface area contributed by atoms with Gasteiger partial charge in [0.15, 0.2) is 0 Å². The number of carbonyl (C=O) groups is 1. The van der Waals surface area contributed by atoms with E-state index in [-0.39, 0.29) is 12.0 Å². The number of aliphatic hydroxyl groups excluding tert-OH is 1. The number of hydrogen-bond donors (Lipinski definition) is 3. The number of likely N-dealkylation sites (N-methyl/N-ethyl adjacent to an activating group) is 1. The van der Waals surface area contributed by atoms with Crippen LogP contribution in [0.3, 0.4) is 0 Å². The third-order valence-corrected chi connectivity index (χ3v) is 3.70. The van der Waals surface area contributed by atoms with Gasteiger partial charge in [-0.25, -0.2) is 0 Å². The molecular weight excluding hydrogens is 240 g/mol. The summed E-state index contributed by atoms with van der Waals surface area (Å²) in [6, 6.07) is 8.33. The summed E-state index contributed by atoms with van der Waals surface area (Å²) in [5.74, 6) is 0.0216. The van der Waals surface area contributed by atoms with Gasteiger partial charge in [0.1, 0.15) is 0 Å². The Morgan fingerprint density at radius 2 is 1.95 bits per heavy atom. The number of nitrogens with one attached hydrogen (secondary N) is 2. The molecule has 1 amide bonds. The Morgan fingerprint density at radius 1 is 1.26 bits per heavy atom. The number of benzene rings is 1. The van der Waals surface area contributed by atoms with E-state index in [9.17, 15) is 9.90 Å². The molecule has 0 bridgehead atoms. The van der Waals surface area contributed by atoms with Crippen molar-refractivity contribution in [3.63, 3.8) is 0 Å². The van der Waals surface area contributed by atoms with Crippen molar-refractivity contribution in [3.8, 4) is 0 Å². The van der Waals surface area contributed by atoms with E-state index < -0.39 is 0 Å². The highest BCUT2D eigenvalue weighted by molar-refractivity contribution is 5.80. The van der Waals surface area contributed by atoms with Gasteiger partial charge in [-0.3, -0.25) is 4.79 Å². The van der Waals surface area contributed by atoms with Crippen LogP contribution >= 0.6 is 0 Å². The van der Waals surface area contributed by atoms with E-state index in [1.807, 2.05) is 24.3 Å². The van der Waals surface area contributed by atoms with Crippen molar-refractivity contribution < 1.29 is 9.90 Å². The summed E-state index contributed by atoms with van der Waals surface area (Å²) < 4.78 is 0. The lowest BCUT2D eigenvalue weighted by molar-refractivity contribution is -0.119. The normalized spacial score (nSPS) is 22.8. The third-order valence-electron chi connectivity index (χ3n) is 3.70. The molecule has 1 fully saturated rings. The molecule has 0 unspecified atom stereocenters. The van der Waals surface area contributed by atoms with Gasteiger partial charge in [0.05, 0.1) is 12.5 Å². The van der Waals surface area contributed by atoms with Crippen molar-refractivity contribution in [1.82, 2.24) is 5.32 Å². The molecule has 1 saturated carbocycles. The van der Waals surface area contributed by atoms with Crippen LogP contribution in [0, 0.1) is 0 Å². The van der Waals surface area contributed by atoms with Gasteiger partial charge in [0.25, 0.3) is 0 Å². The molecule has 0 heterocycles. The lowest BCUT2D eigenvalue weighted by Gasteiger charge is -2.27. The smallest absolute Gasteiger partial charge is 0.224 e. The Labute approximate surface area is 114 Å². The van der Waals surface area contributed by atoms with Gasteiger partial charge < -0.3 is 15.7 Å². The summed E-state index contributed by atoms with van der Waals surface area (Å²) in [4.78, 5) is 11.5. The number of aliphatic hydroxyl groups is 1. The highest BCUT2D eigenvalue weighted by Gasteiger charge is 2.19. The van der Waals surface area contributed by atoms with Crippen molar-refractivity contribution in [2.75, 3.05) is 12.4 Å². The second-order valence-electron chi connectivity index (χ2n) is 5.16. The van der Waals surface area contributed by atoms with Gasteiger partial charge in [0, 0.05) is 18.8 Å². The molecular formula is C15H22N2O2. The largest absolute Gasteiger partial charge is 0.393 e. The standard InChI is InChI=1S/C15H22N2O2/c1-16-15(19)10-11-4-2-3-5-14(11)17-12-6-8-13(18)9-7-12/h2-5,12-13,17-18H,6-10H2,1H3,(H,16,19). The summed E-state index contributed by atoms with van der Waals surface area (Å²) in [6.07, 6.45) is 3.93. The fourth-order valence-electron chi connectivity index (χ4n) is 2.52. The van der Waals surface area contributed by atoms with Crippen molar-refractivity contribution in [1.29, 1.82) is 0 Å². The molecule has 0 aromatic heterocycles. The molecule has 1 aliphatic carbocycles. The van der Waals surface area contributed by atoms with Crippen molar-refractivity contribution in [2.45, 2.75) is 44.2 Å². The summed E-state index contributed by atoms with van der Waals surface area (Å²) in [5, 5.41) is 15.7. The van der Waals surface area contributed by atoms with E-state index >= 15 is 0 Å². The molecule has 0 radical (unpaired) electrons. The molecule has 1 aromatic carbocycles. The second-order valence-corrected chi connectivity index (χ2v) is 5.16. The van der Waals surface area contributed by atoms with E-state index in [0.29, 0.717) is 12.5 Å². The first-order valence-corrected chi connectivity index (χ1v) is 6.92. The molecule has 3 N–H and O–H groups in total. The van der Waals surface area contributed by atoms with Gasteiger partial charge in [-0.05, 0) is 37.3 Å². The summed E-state index contributed by atoms with van der Waals surface area (Å²) in [7, 11) is 1.65. The van der Waals surface area contributed by atoms with E-state index in [0.717, 1.165) is 36.9 Å². The van der Waals surface area contributed by atoms with Crippen LogP contribution in [0.15, 0.2) is 24.3 Å². The first-order valence-electron chi connectivity index (χ1n) is 6.92. The number of amides is 1. The van der Waals surface area contributed by atoms with Gasteiger partial charge in [-0.1, -0.05) is 18.2 Å². The zero-order chi connectivity index (χ0) is 13.7.